The Morgan fingerprint density at radius 3 is 2.14 bits per heavy atom. The highest BCUT2D eigenvalue weighted by Crippen LogP contribution is 2.18. The molecule has 2 N–H and O–H groups in total. The highest BCUT2D eigenvalue weighted by molar-refractivity contribution is 6.15. The molecule has 0 aromatic carbocycles. The summed E-state index contributed by atoms with van der Waals surface area (Å²) in [5, 5.41) is 11.9. The normalized spacial score (nSPS) is 15.4. The van der Waals surface area contributed by atoms with E-state index in [1.807, 2.05) is 0 Å². The van der Waals surface area contributed by atoms with Crippen LogP contribution in [0, 0.1) is 0 Å². The fourth-order valence-corrected chi connectivity index (χ4v) is 1.64. The highest BCUT2D eigenvalue weighted by Gasteiger charge is 2.20. The number of nitrogens with one attached hydrogen (secondary N) is 1. The van der Waals surface area contributed by atoms with Crippen LogP contribution in [0.1, 0.15) is 58.8 Å². The maximum Gasteiger partial charge on any atom is 0.0954 e. The average molecular weight is 197 g/mol. The van der Waals surface area contributed by atoms with Gasteiger partial charge in [-0.05, 0) is 18.3 Å². The van der Waals surface area contributed by atoms with Gasteiger partial charge in [-0.15, -0.1) is 0 Å². The first-order valence-corrected chi connectivity index (χ1v) is 5.83. The Labute approximate surface area is 89.9 Å². The van der Waals surface area contributed by atoms with Crippen molar-refractivity contribution in [3.05, 3.63) is 0 Å². The lowest BCUT2D eigenvalue weighted by Gasteiger charge is -2.31. The molecule has 1 atom stereocenters. The lowest BCUT2D eigenvalue weighted by Crippen LogP contribution is -2.46. The minimum atomic E-state index is -0.347. The Morgan fingerprint density at radius 1 is 1.07 bits per heavy atom. The molecule has 0 rings (SSSR count). The van der Waals surface area contributed by atoms with Crippen LogP contribution in [0.4, 0.5) is 0 Å². The summed E-state index contributed by atoms with van der Waals surface area (Å²) < 4.78 is 0. The van der Waals surface area contributed by atoms with Crippen LogP contribution < -0.4 is 5.32 Å². The lowest BCUT2D eigenvalue weighted by molar-refractivity contribution is 0.214. The molecule has 3 heteroatoms. The molecule has 0 saturated carbocycles. The Kier molecular flexibility index (Phi) is 8.30. The molecule has 0 bridgehead atoms. The fourth-order valence-electron chi connectivity index (χ4n) is 1.64. The maximum absolute atomic E-state index is 8.87. The van der Waals surface area contributed by atoms with Crippen LogP contribution in [-0.2, 0) is 0 Å². The molecule has 0 aromatic heterocycles. The standard InChI is InChI=1S/C11H24BNO/c1-3-5-7-9-11(12,13-10-14)8-6-4-2/h13-14H,3-10H2,1-2H3. The quantitative estimate of drug-likeness (QED) is 0.337. The molecule has 1 unspecified atom stereocenters. The van der Waals surface area contributed by atoms with Gasteiger partial charge in [-0.1, -0.05) is 46.0 Å². The summed E-state index contributed by atoms with van der Waals surface area (Å²) in [6.45, 7) is 4.32. The van der Waals surface area contributed by atoms with Gasteiger partial charge in [0.1, 0.15) is 0 Å². The molecule has 0 aliphatic heterocycles. The molecule has 14 heavy (non-hydrogen) atoms. The molecular weight excluding hydrogens is 173 g/mol. The third kappa shape index (κ3) is 6.44. The Bertz CT molecular complexity index is 132. The van der Waals surface area contributed by atoms with Crippen molar-refractivity contribution in [3.63, 3.8) is 0 Å². The zero-order valence-corrected chi connectivity index (χ0v) is 9.68. The highest BCUT2D eigenvalue weighted by atomic mass is 16.3. The van der Waals surface area contributed by atoms with Crippen molar-refractivity contribution in [3.8, 4) is 0 Å². The minimum Gasteiger partial charge on any atom is -0.381 e. The van der Waals surface area contributed by atoms with Crippen LogP contribution in [0.2, 0.25) is 0 Å². The van der Waals surface area contributed by atoms with Gasteiger partial charge >= 0.3 is 0 Å². The van der Waals surface area contributed by atoms with Crippen molar-refractivity contribution >= 4 is 7.85 Å². The van der Waals surface area contributed by atoms with Crippen LogP contribution >= 0.6 is 0 Å². The zero-order valence-electron chi connectivity index (χ0n) is 9.68. The molecule has 2 radical (unpaired) electrons. The van der Waals surface area contributed by atoms with Gasteiger partial charge in [0.25, 0.3) is 0 Å². The molecule has 0 amide bonds. The predicted molar refractivity (Wildman–Crippen MR) is 62.4 cm³/mol. The van der Waals surface area contributed by atoms with Gasteiger partial charge in [0.15, 0.2) is 0 Å². The monoisotopic (exact) mass is 197 g/mol. The lowest BCUT2D eigenvalue weighted by atomic mass is 9.70. The van der Waals surface area contributed by atoms with E-state index in [1.54, 1.807) is 0 Å². The van der Waals surface area contributed by atoms with E-state index < -0.39 is 0 Å². The molecule has 0 aliphatic rings. The van der Waals surface area contributed by atoms with Crippen molar-refractivity contribution in [1.29, 1.82) is 0 Å². The topological polar surface area (TPSA) is 32.3 Å². The second kappa shape index (κ2) is 8.31. The Hall–Kier alpha value is -0.0151. The van der Waals surface area contributed by atoms with Crippen molar-refractivity contribution in [2.24, 2.45) is 0 Å². The van der Waals surface area contributed by atoms with Gasteiger partial charge in [-0.2, -0.15) is 0 Å². The molecule has 0 heterocycles. The number of hydrogen-bond donors (Lipinski definition) is 2. The number of unbranched alkanes of at least 4 members (excludes halogenated alkanes) is 3. The smallest absolute Gasteiger partial charge is 0.0954 e. The Balaban J connectivity index is 3.82. The van der Waals surface area contributed by atoms with E-state index in [-0.39, 0.29) is 12.2 Å². The maximum atomic E-state index is 8.87. The van der Waals surface area contributed by atoms with Gasteiger partial charge in [0.2, 0.25) is 0 Å². The first-order valence-electron chi connectivity index (χ1n) is 5.83. The molecule has 0 aliphatic carbocycles. The third-order valence-corrected chi connectivity index (χ3v) is 2.63. The van der Waals surface area contributed by atoms with E-state index in [0.29, 0.717) is 0 Å². The molecule has 2 nitrogen and oxygen atoms in total. The van der Waals surface area contributed by atoms with Crippen molar-refractivity contribution < 1.29 is 5.11 Å². The van der Waals surface area contributed by atoms with Crippen LogP contribution in [-0.4, -0.2) is 25.1 Å². The van der Waals surface area contributed by atoms with Crippen molar-refractivity contribution in [1.82, 2.24) is 5.32 Å². The molecule has 0 saturated heterocycles. The predicted octanol–water partition coefficient (Wildman–Crippen LogP) is 2.16. The van der Waals surface area contributed by atoms with Crippen LogP contribution in [0.15, 0.2) is 0 Å². The fraction of sp³-hybridized carbons (Fsp3) is 1.00. The summed E-state index contributed by atoms with van der Waals surface area (Å²) in [6, 6.07) is 0. The summed E-state index contributed by atoms with van der Waals surface area (Å²) in [5.74, 6) is 0. The first-order chi connectivity index (χ1) is 6.68. The largest absolute Gasteiger partial charge is 0.381 e. The summed E-state index contributed by atoms with van der Waals surface area (Å²) in [7, 11) is 6.16. The van der Waals surface area contributed by atoms with Crippen molar-refractivity contribution in [2.75, 3.05) is 6.73 Å². The van der Waals surface area contributed by atoms with Gasteiger partial charge in [0.05, 0.1) is 14.6 Å². The third-order valence-electron chi connectivity index (χ3n) is 2.63. The second-order valence-corrected chi connectivity index (χ2v) is 4.05. The van der Waals surface area contributed by atoms with Crippen molar-refractivity contribution in [2.45, 2.75) is 64.2 Å². The molecule has 82 valence electrons. The summed E-state index contributed by atoms with van der Waals surface area (Å²) >= 11 is 0. The molecule has 0 spiro atoms. The van der Waals surface area contributed by atoms with Gasteiger partial charge in [-0.25, -0.2) is 0 Å². The zero-order chi connectivity index (χ0) is 10.9. The first kappa shape index (κ1) is 14.0. The number of rotatable bonds is 9. The number of aliphatic hydroxyl groups excluding tert-OH is 1. The van der Waals surface area contributed by atoms with E-state index in [2.05, 4.69) is 19.2 Å². The Morgan fingerprint density at radius 2 is 1.64 bits per heavy atom. The van der Waals surface area contributed by atoms with Crippen LogP contribution in [0.3, 0.4) is 0 Å². The number of aliphatic hydroxyl groups is 1. The van der Waals surface area contributed by atoms with Crippen LogP contribution in [0.5, 0.6) is 0 Å². The van der Waals surface area contributed by atoms with E-state index in [9.17, 15) is 0 Å². The van der Waals surface area contributed by atoms with E-state index >= 15 is 0 Å². The molecule has 0 fully saturated rings. The summed E-state index contributed by atoms with van der Waals surface area (Å²) in [4.78, 5) is 0. The van der Waals surface area contributed by atoms with Gasteiger partial charge in [-0.3, -0.25) is 5.32 Å². The molecular formula is C11H24BNO. The molecule has 0 aromatic rings. The van der Waals surface area contributed by atoms with E-state index in [0.717, 1.165) is 32.1 Å². The van der Waals surface area contributed by atoms with Crippen LogP contribution in [0.25, 0.3) is 0 Å². The van der Waals surface area contributed by atoms with E-state index in [4.69, 9.17) is 13.0 Å². The van der Waals surface area contributed by atoms with Gasteiger partial charge in [0, 0.05) is 0 Å². The SMILES string of the molecule is [B]C(CCCC)(CCCCC)NCO. The average Bonchev–Trinajstić information content (AvgIpc) is 2.16. The van der Waals surface area contributed by atoms with Gasteiger partial charge < -0.3 is 5.11 Å². The second-order valence-electron chi connectivity index (χ2n) is 4.05. The summed E-state index contributed by atoms with van der Waals surface area (Å²) in [5.41, 5.74) is -0.347. The minimum absolute atomic E-state index is 0.0215. The van der Waals surface area contributed by atoms with E-state index in [1.165, 1.54) is 12.8 Å². The summed E-state index contributed by atoms with van der Waals surface area (Å²) in [6.07, 6.45) is 7.76. The number of hydrogen-bond acceptors (Lipinski definition) is 2.